The Labute approximate surface area is 134 Å². The van der Waals surface area contributed by atoms with E-state index in [1.165, 1.54) is 19.3 Å². The van der Waals surface area contributed by atoms with Gasteiger partial charge in [-0.3, -0.25) is 9.69 Å². The van der Waals surface area contributed by atoms with Crippen molar-refractivity contribution in [1.82, 2.24) is 4.90 Å². The van der Waals surface area contributed by atoms with E-state index in [9.17, 15) is 4.79 Å². The maximum absolute atomic E-state index is 10.9. The minimum atomic E-state index is 0.539. The van der Waals surface area contributed by atoms with E-state index in [4.69, 9.17) is 9.47 Å². The summed E-state index contributed by atoms with van der Waals surface area (Å²) in [5.41, 5.74) is 0.578. The SMILES string of the molecule is CCOc1cc(C=O)cc(Br)c1OCCN1CCCCC1. The van der Waals surface area contributed by atoms with Crippen LogP contribution in [0.2, 0.25) is 0 Å². The smallest absolute Gasteiger partial charge is 0.175 e. The molecule has 0 atom stereocenters. The van der Waals surface area contributed by atoms with E-state index in [2.05, 4.69) is 20.8 Å². The lowest BCUT2D eigenvalue weighted by Gasteiger charge is -2.26. The lowest BCUT2D eigenvalue weighted by Crippen LogP contribution is -2.33. The van der Waals surface area contributed by atoms with Gasteiger partial charge in [-0.1, -0.05) is 6.42 Å². The summed E-state index contributed by atoms with van der Waals surface area (Å²) in [4.78, 5) is 13.4. The molecule has 2 rings (SSSR count). The van der Waals surface area contributed by atoms with Crippen LogP contribution in [0.4, 0.5) is 0 Å². The number of carbonyl (C=O) groups is 1. The number of hydrogen-bond donors (Lipinski definition) is 0. The number of carbonyl (C=O) groups excluding carboxylic acids is 1. The summed E-state index contributed by atoms with van der Waals surface area (Å²) in [6.45, 7) is 6.32. The van der Waals surface area contributed by atoms with Gasteiger partial charge in [0.15, 0.2) is 11.5 Å². The van der Waals surface area contributed by atoms with Crippen LogP contribution in [-0.4, -0.2) is 44.0 Å². The largest absolute Gasteiger partial charge is 0.490 e. The van der Waals surface area contributed by atoms with E-state index in [0.717, 1.165) is 30.4 Å². The highest BCUT2D eigenvalue weighted by Gasteiger charge is 2.14. The highest BCUT2D eigenvalue weighted by molar-refractivity contribution is 9.10. The minimum absolute atomic E-state index is 0.539. The van der Waals surface area contributed by atoms with E-state index in [-0.39, 0.29) is 0 Å². The Kier molecular flexibility index (Phi) is 6.51. The zero-order valence-corrected chi connectivity index (χ0v) is 14.0. The third-order valence-electron chi connectivity index (χ3n) is 3.57. The number of benzene rings is 1. The van der Waals surface area contributed by atoms with Crippen molar-refractivity contribution in [2.75, 3.05) is 32.8 Å². The molecule has 1 heterocycles. The molecule has 0 aliphatic carbocycles. The van der Waals surface area contributed by atoms with Crippen molar-refractivity contribution in [2.45, 2.75) is 26.2 Å². The van der Waals surface area contributed by atoms with E-state index >= 15 is 0 Å². The first kappa shape index (κ1) is 16.3. The minimum Gasteiger partial charge on any atom is -0.490 e. The second kappa shape index (κ2) is 8.39. The summed E-state index contributed by atoms with van der Waals surface area (Å²) in [5, 5.41) is 0. The highest BCUT2D eigenvalue weighted by Crippen LogP contribution is 2.36. The van der Waals surface area contributed by atoms with Gasteiger partial charge in [0.1, 0.15) is 12.9 Å². The fraction of sp³-hybridized carbons (Fsp3) is 0.562. The predicted molar refractivity (Wildman–Crippen MR) is 86.5 cm³/mol. The summed E-state index contributed by atoms with van der Waals surface area (Å²) >= 11 is 3.46. The van der Waals surface area contributed by atoms with Crippen LogP contribution in [0.1, 0.15) is 36.5 Å². The van der Waals surface area contributed by atoms with Crippen LogP contribution in [0, 0.1) is 0 Å². The van der Waals surface area contributed by atoms with Crippen molar-refractivity contribution in [3.8, 4) is 11.5 Å². The van der Waals surface area contributed by atoms with E-state index in [1.54, 1.807) is 12.1 Å². The first-order chi connectivity index (χ1) is 10.2. The maximum atomic E-state index is 10.9. The van der Waals surface area contributed by atoms with Gasteiger partial charge in [0.05, 0.1) is 11.1 Å². The van der Waals surface area contributed by atoms with Gasteiger partial charge in [0.2, 0.25) is 0 Å². The fourth-order valence-corrected chi connectivity index (χ4v) is 3.09. The third kappa shape index (κ3) is 4.71. The lowest BCUT2D eigenvalue weighted by molar-refractivity contribution is 0.112. The predicted octanol–water partition coefficient (Wildman–Crippen LogP) is 3.53. The second-order valence-electron chi connectivity index (χ2n) is 5.13. The molecule has 1 aliphatic heterocycles. The molecule has 116 valence electrons. The maximum Gasteiger partial charge on any atom is 0.175 e. The van der Waals surface area contributed by atoms with Crippen molar-refractivity contribution in [1.29, 1.82) is 0 Å². The third-order valence-corrected chi connectivity index (χ3v) is 4.16. The topological polar surface area (TPSA) is 38.8 Å². The summed E-state index contributed by atoms with van der Waals surface area (Å²) in [7, 11) is 0. The van der Waals surface area contributed by atoms with Crippen molar-refractivity contribution in [3.63, 3.8) is 0 Å². The van der Waals surface area contributed by atoms with Gasteiger partial charge in [-0.05, 0) is 60.9 Å². The highest BCUT2D eigenvalue weighted by atomic mass is 79.9. The van der Waals surface area contributed by atoms with Crippen LogP contribution in [0.15, 0.2) is 16.6 Å². The van der Waals surface area contributed by atoms with Crippen LogP contribution >= 0.6 is 15.9 Å². The number of aldehydes is 1. The normalized spacial score (nSPS) is 15.7. The van der Waals surface area contributed by atoms with Crippen molar-refractivity contribution in [2.24, 2.45) is 0 Å². The first-order valence-corrected chi connectivity index (χ1v) is 8.30. The fourth-order valence-electron chi connectivity index (χ4n) is 2.52. The second-order valence-corrected chi connectivity index (χ2v) is 5.99. The van der Waals surface area contributed by atoms with Crippen LogP contribution in [-0.2, 0) is 0 Å². The number of likely N-dealkylation sites (tertiary alicyclic amines) is 1. The van der Waals surface area contributed by atoms with Gasteiger partial charge in [-0.2, -0.15) is 0 Å². The molecule has 5 heteroatoms. The van der Waals surface area contributed by atoms with Crippen LogP contribution in [0.5, 0.6) is 11.5 Å². The number of piperidine rings is 1. The Balaban J connectivity index is 1.98. The molecule has 0 unspecified atom stereocenters. The van der Waals surface area contributed by atoms with E-state index in [0.29, 0.717) is 30.3 Å². The number of nitrogens with zero attached hydrogens (tertiary/aromatic N) is 1. The van der Waals surface area contributed by atoms with Crippen molar-refractivity contribution < 1.29 is 14.3 Å². The Morgan fingerprint density at radius 1 is 1.24 bits per heavy atom. The molecule has 0 amide bonds. The van der Waals surface area contributed by atoms with Gasteiger partial charge in [0, 0.05) is 12.1 Å². The van der Waals surface area contributed by atoms with Gasteiger partial charge in [0.25, 0.3) is 0 Å². The zero-order valence-electron chi connectivity index (χ0n) is 12.4. The molecule has 1 fully saturated rings. The molecule has 0 radical (unpaired) electrons. The molecule has 0 bridgehead atoms. The number of rotatable bonds is 7. The molecule has 0 saturated carbocycles. The summed E-state index contributed by atoms with van der Waals surface area (Å²) in [5.74, 6) is 1.30. The van der Waals surface area contributed by atoms with Gasteiger partial charge >= 0.3 is 0 Å². The summed E-state index contributed by atoms with van der Waals surface area (Å²) in [6.07, 6.45) is 4.71. The van der Waals surface area contributed by atoms with Crippen molar-refractivity contribution >= 4 is 22.2 Å². The molecule has 0 aromatic heterocycles. The van der Waals surface area contributed by atoms with Crippen LogP contribution < -0.4 is 9.47 Å². The average molecular weight is 356 g/mol. The van der Waals surface area contributed by atoms with Gasteiger partial charge in [-0.25, -0.2) is 0 Å². The lowest BCUT2D eigenvalue weighted by atomic mass is 10.1. The molecule has 21 heavy (non-hydrogen) atoms. The van der Waals surface area contributed by atoms with E-state index in [1.807, 2.05) is 6.92 Å². The van der Waals surface area contributed by atoms with Crippen molar-refractivity contribution in [3.05, 3.63) is 22.2 Å². The molecule has 1 aromatic rings. The Bertz CT molecular complexity index is 473. The molecule has 0 N–H and O–H groups in total. The van der Waals surface area contributed by atoms with Gasteiger partial charge < -0.3 is 9.47 Å². The summed E-state index contributed by atoms with van der Waals surface area (Å²) in [6, 6.07) is 3.48. The standard InChI is InChI=1S/C16H22BrNO3/c1-2-20-15-11-13(12-19)10-14(17)16(15)21-9-8-18-6-4-3-5-7-18/h10-12H,2-9H2,1H3. The number of halogens is 1. The molecule has 1 saturated heterocycles. The molecule has 1 aromatic carbocycles. The monoisotopic (exact) mass is 355 g/mol. The molecular weight excluding hydrogens is 334 g/mol. The van der Waals surface area contributed by atoms with Crippen LogP contribution in [0.3, 0.4) is 0 Å². The Morgan fingerprint density at radius 3 is 2.67 bits per heavy atom. The van der Waals surface area contributed by atoms with E-state index < -0.39 is 0 Å². The number of ether oxygens (including phenoxy) is 2. The average Bonchev–Trinajstić information content (AvgIpc) is 2.51. The quantitative estimate of drug-likeness (QED) is 0.701. The summed E-state index contributed by atoms with van der Waals surface area (Å²) < 4.78 is 12.2. The van der Waals surface area contributed by atoms with Crippen LogP contribution in [0.25, 0.3) is 0 Å². The number of hydrogen-bond acceptors (Lipinski definition) is 4. The molecule has 4 nitrogen and oxygen atoms in total. The molecule has 1 aliphatic rings. The Morgan fingerprint density at radius 2 is 2.00 bits per heavy atom. The first-order valence-electron chi connectivity index (χ1n) is 7.51. The molecule has 0 spiro atoms. The molecular formula is C16H22BrNO3. The Hall–Kier alpha value is -1.07. The zero-order chi connectivity index (χ0) is 15.1. The van der Waals surface area contributed by atoms with Gasteiger partial charge in [-0.15, -0.1) is 0 Å².